The maximum absolute atomic E-state index is 13.7. The van der Waals surface area contributed by atoms with E-state index >= 15 is 0 Å². The quantitative estimate of drug-likeness (QED) is 0.276. The van der Waals surface area contributed by atoms with Crippen LogP contribution in [-0.4, -0.2) is 55.7 Å². The molecule has 3 rings (SSSR count). The molecule has 0 fully saturated rings. The number of carbonyl (C=O) groups is 1. The number of amides is 1. The molecule has 1 atom stereocenters. The molecular formula is C16H15F6N5O5S-2. The summed E-state index contributed by atoms with van der Waals surface area (Å²) in [6.07, 6.45) is -5.11. The summed E-state index contributed by atoms with van der Waals surface area (Å²) in [5.41, 5.74) is 5.64. The zero-order chi connectivity index (χ0) is 25.1. The third-order valence-electron chi connectivity index (χ3n) is 4.37. The van der Waals surface area contributed by atoms with Gasteiger partial charge in [-0.25, -0.2) is 13.2 Å². The topological polar surface area (TPSA) is 157 Å². The Bertz CT molecular complexity index is 1120. The van der Waals surface area contributed by atoms with Gasteiger partial charge in [0.25, 0.3) is 0 Å². The fraction of sp³-hybridized carbons (Fsp3) is 0.438. The molecule has 17 heteroatoms. The highest BCUT2D eigenvalue weighted by atomic mass is 32.3. The Morgan fingerprint density at radius 2 is 1.67 bits per heavy atom. The summed E-state index contributed by atoms with van der Waals surface area (Å²) in [6.45, 7) is -0.302. The zero-order valence-corrected chi connectivity index (χ0v) is 17.2. The molecule has 0 saturated heterocycles. The van der Waals surface area contributed by atoms with Crippen LogP contribution in [0, 0.1) is 17.5 Å². The maximum atomic E-state index is 13.7. The summed E-state index contributed by atoms with van der Waals surface area (Å²) in [7, 11) is -5.17. The highest BCUT2D eigenvalue weighted by molar-refractivity contribution is 7.79. The van der Waals surface area contributed by atoms with Gasteiger partial charge >= 0.3 is 6.18 Å². The van der Waals surface area contributed by atoms with Gasteiger partial charge in [-0.3, -0.25) is 13.2 Å². The van der Waals surface area contributed by atoms with Crippen LogP contribution in [-0.2, 0) is 40.9 Å². The van der Waals surface area contributed by atoms with E-state index in [0.29, 0.717) is 12.1 Å². The number of nitrogens with two attached hydrogens (primary N) is 1. The monoisotopic (exact) mass is 503 g/mol. The molecule has 33 heavy (non-hydrogen) atoms. The van der Waals surface area contributed by atoms with Gasteiger partial charge in [0.1, 0.15) is 5.82 Å². The van der Waals surface area contributed by atoms with E-state index in [-0.39, 0.29) is 43.9 Å². The number of halogens is 6. The van der Waals surface area contributed by atoms with Gasteiger partial charge in [0.2, 0.25) is 11.7 Å². The summed E-state index contributed by atoms with van der Waals surface area (Å²) in [4.78, 5) is 13.6. The summed E-state index contributed by atoms with van der Waals surface area (Å²) in [6, 6.07) is 0.184. The Kier molecular flexibility index (Phi) is 8.04. The number of fused-ring (bicyclic) bond motifs is 1. The second-order valence-corrected chi connectivity index (χ2v) is 7.66. The van der Waals surface area contributed by atoms with Crippen molar-refractivity contribution in [3.63, 3.8) is 0 Å². The van der Waals surface area contributed by atoms with Crippen LogP contribution in [0.3, 0.4) is 0 Å². The first kappa shape index (κ1) is 26.5. The molecule has 1 aromatic carbocycles. The normalized spacial score (nSPS) is 14.9. The smallest absolute Gasteiger partial charge is 0.451 e. The lowest BCUT2D eigenvalue weighted by molar-refractivity contribution is -0.148. The van der Waals surface area contributed by atoms with Crippen LogP contribution >= 0.6 is 0 Å². The maximum Gasteiger partial charge on any atom is 0.451 e. The number of aromatic nitrogens is 3. The van der Waals surface area contributed by atoms with Gasteiger partial charge in [-0.15, -0.1) is 10.2 Å². The number of rotatable bonds is 4. The standard InChI is InChI=1S/C16H15F6N5O.H2O4S/c17-10-6-12(19)11(18)4-8(10)3-9(23)5-14(28)26-1-2-27-13(7-26)24-25-15(27)16(20,21)22;1-5(2,3)4/h4,6,9H,1-3,5,7,23H2;(H2,1,2,3,4)/p-2/t9-;/m1./s1. The molecule has 2 N–H and O–H groups in total. The van der Waals surface area contributed by atoms with Crippen molar-refractivity contribution in [1.82, 2.24) is 19.7 Å². The predicted octanol–water partition coefficient (Wildman–Crippen LogP) is 0.678. The first-order valence-electron chi connectivity index (χ1n) is 8.89. The van der Waals surface area contributed by atoms with Gasteiger partial charge in [0, 0.05) is 42.0 Å². The molecule has 1 amide bonds. The van der Waals surface area contributed by atoms with Gasteiger partial charge in [0.15, 0.2) is 17.5 Å². The molecule has 1 aliphatic rings. The average Bonchev–Trinajstić information content (AvgIpc) is 3.08. The first-order chi connectivity index (χ1) is 15.1. The Morgan fingerprint density at radius 3 is 2.24 bits per heavy atom. The fourth-order valence-electron chi connectivity index (χ4n) is 3.01. The molecular weight excluding hydrogens is 488 g/mol. The third-order valence-corrected chi connectivity index (χ3v) is 4.37. The SMILES string of the molecule is N[C@@H](CC(=O)N1CCn2c(nnc2C(F)(F)F)C1)Cc1cc(F)c(F)cc1F.O=S(=O)([O-])[O-]. The average molecular weight is 503 g/mol. The largest absolute Gasteiger partial charge is 0.759 e. The molecule has 0 saturated carbocycles. The lowest BCUT2D eigenvalue weighted by atomic mass is 10.0. The van der Waals surface area contributed by atoms with E-state index in [0.717, 1.165) is 4.57 Å². The number of hydrogen-bond donors (Lipinski definition) is 1. The van der Waals surface area contributed by atoms with Crippen LogP contribution < -0.4 is 5.73 Å². The van der Waals surface area contributed by atoms with E-state index in [1.165, 1.54) is 4.90 Å². The van der Waals surface area contributed by atoms with Crippen molar-refractivity contribution in [2.45, 2.75) is 38.1 Å². The van der Waals surface area contributed by atoms with Gasteiger partial charge < -0.3 is 24.3 Å². The van der Waals surface area contributed by atoms with Crippen LogP contribution in [0.1, 0.15) is 23.6 Å². The highest BCUT2D eigenvalue weighted by Gasteiger charge is 2.40. The Labute approximate surface area is 182 Å². The van der Waals surface area contributed by atoms with E-state index in [9.17, 15) is 31.1 Å². The van der Waals surface area contributed by atoms with Gasteiger partial charge in [-0.2, -0.15) is 13.2 Å². The van der Waals surface area contributed by atoms with Crippen LogP contribution in [0.25, 0.3) is 0 Å². The van der Waals surface area contributed by atoms with Crippen molar-refractivity contribution in [1.29, 1.82) is 0 Å². The number of carbonyl (C=O) groups excluding carboxylic acids is 1. The Hall–Kier alpha value is -2.76. The first-order valence-corrected chi connectivity index (χ1v) is 10.2. The van der Waals surface area contributed by atoms with E-state index in [1.54, 1.807) is 0 Å². The fourth-order valence-corrected chi connectivity index (χ4v) is 3.01. The van der Waals surface area contributed by atoms with E-state index in [4.69, 9.17) is 23.3 Å². The van der Waals surface area contributed by atoms with E-state index < -0.39 is 51.8 Å². The molecule has 2 aromatic rings. The van der Waals surface area contributed by atoms with Gasteiger partial charge in [-0.05, 0) is 18.1 Å². The molecule has 0 spiro atoms. The van der Waals surface area contributed by atoms with E-state index in [2.05, 4.69) is 10.2 Å². The summed E-state index contributed by atoms with van der Waals surface area (Å²) in [5.74, 6) is -5.15. The van der Waals surface area contributed by atoms with Gasteiger partial charge in [0.05, 0.1) is 6.54 Å². The summed E-state index contributed by atoms with van der Waals surface area (Å²) in [5, 5.41) is 6.60. The number of alkyl halides is 3. The molecule has 184 valence electrons. The van der Waals surface area contributed by atoms with Gasteiger partial charge in [-0.1, -0.05) is 0 Å². The minimum atomic E-state index is -5.17. The van der Waals surface area contributed by atoms with Crippen molar-refractivity contribution in [2.24, 2.45) is 5.73 Å². The van der Waals surface area contributed by atoms with Crippen LogP contribution in [0.15, 0.2) is 12.1 Å². The summed E-state index contributed by atoms with van der Waals surface area (Å²) >= 11 is 0. The molecule has 0 unspecified atom stereocenters. The second-order valence-electron chi connectivity index (χ2n) is 6.84. The lowest BCUT2D eigenvalue weighted by Crippen LogP contribution is -2.42. The molecule has 0 bridgehead atoms. The molecule has 2 heterocycles. The molecule has 1 aliphatic heterocycles. The van der Waals surface area contributed by atoms with Crippen LogP contribution in [0.5, 0.6) is 0 Å². The second kappa shape index (κ2) is 10.0. The molecule has 0 radical (unpaired) electrons. The lowest BCUT2D eigenvalue weighted by Gasteiger charge is -2.29. The zero-order valence-electron chi connectivity index (χ0n) is 16.4. The predicted molar refractivity (Wildman–Crippen MR) is 93.5 cm³/mol. The van der Waals surface area contributed by atoms with Crippen molar-refractivity contribution < 1.29 is 48.7 Å². The number of nitrogens with zero attached hydrogens (tertiary/aromatic N) is 4. The van der Waals surface area contributed by atoms with E-state index in [1.807, 2.05) is 0 Å². The van der Waals surface area contributed by atoms with Crippen molar-refractivity contribution in [3.05, 3.63) is 46.8 Å². The number of hydrogen-bond acceptors (Lipinski definition) is 8. The molecule has 0 aliphatic carbocycles. The van der Waals surface area contributed by atoms with Crippen molar-refractivity contribution in [3.8, 4) is 0 Å². The molecule has 1 aromatic heterocycles. The minimum Gasteiger partial charge on any atom is -0.759 e. The molecule has 10 nitrogen and oxygen atoms in total. The summed E-state index contributed by atoms with van der Waals surface area (Å²) < 4.78 is 113. The Morgan fingerprint density at radius 1 is 1.09 bits per heavy atom. The highest BCUT2D eigenvalue weighted by Crippen LogP contribution is 2.29. The van der Waals surface area contributed by atoms with Crippen molar-refractivity contribution >= 4 is 16.3 Å². The third kappa shape index (κ3) is 7.65. The van der Waals surface area contributed by atoms with Crippen molar-refractivity contribution in [2.75, 3.05) is 6.54 Å². The van der Waals surface area contributed by atoms with Crippen LogP contribution in [0.2, 0.25) is 0 Å². The number of benzene rings is 1. The Balaban J connectivity index is 0.000000696. The van der Waals surface area contributed by atoms with Crippen LogP contribution in [0.4, 0.5) is 26.3 Å². The minimum absolute atomic E-state index is 0.000783.